The summed E-state index contributed by atoms with van der Waals surface area (Å²) in [6, 6.07) is 6.62. The van der Waals surface area contributed by atoms with Crippen molar-refractivity contribution >= 4 is 17.3 Å². The SMILES string of the molecule is CCCNC(=O)/C(N)=C(\N)c1cccc(-c2cc(C)cnc2F)c1N. The van der Waals surface area contributed by atoms with Crippen LogP contribution < -0.4 is 22.5 Å². The van der Waals surface area contributed by atoms with E-state index in [0.29, 0.717) is 17.7 Å². The molecule has 25 heavy (non-hydrogen) atoms. The molecular weight excluding hydrogens is 321 g/mol. The molecule has 2 rings (SSSR count). The number of hydrogen-bond donors (Lipinski definition) is 4. The van der Waals surface area contributed by atoms with E-state index in [9.17, 15) is 9.18 Å². The van der Waals surface area contributed by atoms with Crippen molar-refractivity contribution in [3.63, 3.8) is 0 Å². The lowest BCUT2D eigenvalue weighted by Crippen LogP contribution is -2.31. The van der Waals surface area contributed by atoms with Crippen molar-refractivity contribution in [2.45, 2.75) is 20.3 Å². The molecule has 7 N–H and O–H groups in total. The van der Waals surface area contributed by atoms with Gasteiger partial charge in [-0.15, -0.1) is 0 Å². The molecule has 0 saturated carbocycles. The number of carbonyl (C=O) groups is 1. The zero-order valence-corrected chi connectivity index (χ0v) is 14.3. The van der Waals surface area contributed by atoms with Gasteiger partial charge in [0, 0.05) is 35.1 Å². The number of hydrogen-bond acceptors (Lipinski definition) is 5. The quantitative estimate of drug-likeness (QED) is 0.375. The first-order chi connectivity index (χ1) is 11.9. The monoisotopic (exact) mass is 343 g/mol. The summed E-state index contributed by atoms with van der Waals surface area (Å²) >= 11 is 0. The summed E-state index contributed by atoms with van der Waals surface area (Å²) in [6.07, 6.45) is 2.21. The molecule has 7 heteroatoms. The molecule has 0 bridgehead atoms. The van der Waals surface area contributed by atoms with Gasteiger partial charge in [0.25, 0.3) is 5.91 Å². The first kappa shape index (κ1) is 18.3. The van der Waals surface area contributed by atoms with Gasteiger partial charge in [-0.25, -0.2) is 4.98 Å². The first-order valence-corrected chi connectivity index (χ1v) is 7.91. The van der Waals surface area contributed by atoms with Crippen molar-refractivity contribution in [3.8, 4) is 11.1 Å². The topological polar surface area (TPSA) is 120 Å². The van der Waals surface area contributed by atoms with Crippen LogP contribution in [0.2, 0.25) is 0 Å². The number of halogens is 1. The Bertz CT molecular complexity index is 832. The molecule has 1 aromatic heterocycles. The van der Waals surface area contributed by atoms with Crippen molar-refractivity contribution in [1.29, 1.82) is 0 Å². The molecule has 0 radical (unpaired) electrons. The highest BCUT2D eigenvalue weighted by Crippen LogP contribution is 2.32. The standard InChI is InChI=1S/C18H22FN5O/c1-3-7-23-18(25)16(22)15(21)12-6-4-5-11(14(12)20)13-8-10(2)9-24-17(13)19/h4-6,8-9H,3,7,20-22H2,1-2H3,(H,23,25)/b16-15+. The molecule has 132 valence electrons. The average molecular weight is 343 g/mol. The summed E-state index contributed by atoms with van der Waals surface area (Å²) in [5.41, 5.74) is 20.1. The zero-order chi connectivity index (χ0) is 18.6. The molecular formula is C18H22FN5O. The van der Waals surface area contributed by atoms with E-state index in [1.165, 1.54) is 6.20 Å². The predicted octanol–water partition coefficient (Wildman–Crippen LogP) is 1.89. The molecule has 0 fully saturated rings. The minimum atomic E-state index is -0.634. The van der Waals surface area contributed by atoms with E-state index in [1.54, 1.807) is 31.2 Å². The number of anilines is 1. The van der Waals surface area contributed by atoms with Gasteiger partial charge in [-0.1, -0.05) is 25.1 Å². The van der Waals surface area contributed by atoms with E-state index in [4.69, 9.17) is 17.2 Å². The Morgan fingerprint density at radius 1 is 1.28 bits per heavy atom. The van der Waals surface area contributed by atoms with E-state index in [1.807, 2.05) is 6.92 Å². The van der Waals surface area contributed by atoms with Crippen molar-refractivity contribution < 1.29 is 9.18 Å². The Kier molecular flexibility index (Phi) is 5.59. The number of nitrogens with two attached hydrogens (primary N) is 3. The second kappa shape index (κ2) is 7.65. The maximum Gasteiger partial charge on any atom is 0.269 e. The van der Waals surface area contributed by atoms with E-state index in [-0.39, 0.29) is 22.6 Å². The summed E-state index contributed by atoms with van der Waals surface area (Å²) in [4.78, 5) is 15.7. The number of aryl methyl sites for hydroxylation is 1. The second-order valence-corrected chi connectivity index (χ2v) is 5.70. The molecule has 0 aliphatic heterocycles. The lowest BCUT2D eigenvalue weighted by molar-refractivity contribution is -0.117. The highest BCUT2D eigenvalue weighted by molar-refractivity contribution is 6.01. The molecule has 0 atom stereocenters. The largest absolute Gasteiger partial charge is 0.398 e. The molecule has 0 aliphatic rings. The van der Waals surface area contributed by atoms with Gasteiger partial charge in [-0.05, 0) is 25.0 Å². The number of para-hydroxylation sites is 1. The number of amides is 1. The third-order valence-electron chi connectivity index (χ3n) is 3.73. The Balaban J connectivity index is 2.51. The fourth-order valence-corrected chi connectivity index (χ4v) is 2.38. The predicted molar refractivity (Wildman–Crippen MR) is 97.4 cm³/mol. The van der Waals surface area contributed by atoms with E-state index in [0.717, 1.165) is 12.0 Å². The number of carbonyl (C=O) groups excluding carboxylic acids is 1. The number of nitrogens with one attached hydrogen (secondary N) is 1. The normalized spacial score (nSPS) is 11.8. The molecule has 1 aromatic carbocycles. The van der Waals surface area contributed by atoms with Gasteiger partial charge in [0.15, 0.2) is 0 Å². The van der Waals surface area contributed by atoms with Crippen LogP contribution in [0.1, 0.15) is 24.5 Å². The Labute approximate surface area is 145 Å². The summed E-state index contributed by atoms with van der Waals surface area (Å²) in [5, 5.41) is 2.65. The van der Waals surface area contributed by atoms with Gasteiger partial charge in [-0.3, -0.25) is 4.79 Å². The lowest BCUT2D eigenvalue weighted by atomic mass is 9.98. The van der Waals surface area contributed by atoms with E-state index >= 15 is 0 Å². The van der Waals surface area contributed by atoms with Crippen molar-refractivity contribution in [2.24, 2.45) is 11.5 Å². The second-order valence-electron chi connectivity index (χ2n) is 5.70. The van der Waals surface area contributed by atoms with Gasteiger partial charge in [0.2, 0.25) is 5.95 Å². The molecule has 6 nitrogen and oxygen atoms in total. The Morgan fingerprint density at radius 3 is 2.68 bits per heavy atom. The van der Waals surface area contributed by atoms with Crippen LogP contribution in [0.3, 0.4) is 0 Å². The van der Waals surface area contributed by atoms with Gasteiger partial charge in [0.05, 0.1) is 5.70 Å². The minimum Gasteiger partial charge on any atom is -0.398 e. The highest BCUT2D eigenvalue weighted by Gasteiger charge is 2.17. The van der Waals surface area contributed by atoms with Gasteiger partial charge >= 0.3 is 0 Å². The maximum atomic E-state index is 14.1. The van der Waals surface area contributed by atoms with E-state index in [2.05, 4.69) is 10.3 Å². The fraction of sp³-hybridized carbons (Fsp3) is 0.222. The smallest absolute Gasteiger partial charge is 0.269 e. The van der Waals surface area contributed by atoms with Crippen LogP contribution in [-0.2, 0) is 4.79 Å². The maximum absolute atomic E-state index is 14.1. The molecule has 0 saturated heterocycles. The van der Waals surface area contributed by atoms with Crippen LogP contribution in [0.15, 0.2) is 36.2 Å². The summed E-state index contributed by atoms with van der Waals surface area (Å²) in [5.74, 6) is -1.10. The summed E-state index contributed by atoms with van der Waals surface area (Å²) in [7, 11) is 0. The van der Waals surface area contributed by atoms with Crippen molar-refractivity contribution in [2.75, 3.05) is 12.3 Å². The number of benzene rings is 1. The number of nitrogens with zero attached hydrogens (tertiary/aromatic N) is 1. The number of aromatic nitrogens is 1. The third kappa shape index (κ3) is 3.88. The minimum absolute atomic E-state index is 0.0500. The summed E-state index contributed by atoms with van der Waals surface area (Å²) < 4.78 is 14.1. The lowest BCUT2D eigenvalue weighted by Gasteiger charge is -2.14. The van der Waals surface area contributed by atoms with Crippen LogP contribution in [0.5, 0.6) is 0 Å². The molecule has 0 unspecified atom stereocenters. The Morgan fingerprint density at radius 2 is 2.00 bits per heavy atom. The van der Waals surface area contributed by atoms with Crippen LogP contribution >= 0.6 is 0 Å². The highest BCUT2D eigenvalue weighted by atomic mass is 19.1. The Hall–Kier alpha value is -3.09. The molecule has 0 aliphatic carbocycles. The molecule has 0 spiro atoms. The third-order valence-corrected chi connectivity index (χ3v) is 3.73. The van der Waals surface area contributed by atoms with E-state index < -0.39 is 11.9 Å². The zero-order valence-electron chi connectivity index (χ0n) is 14.3. The van der Waals surface area contributed by atoms with Crippen molar-refractivity contribution in [1.82, 2.24) is 10.3 Å². The van der Waals surface area contributed by atoms with Crippen LogP contribution in [0, 0.1) is 12.9 Å². The molecule has 1 heterocycles. The fourth-order valence-electron chi connectivity index (χ4n) is 2.38. The van der Waals surface area contributed by atoms with Crippen LogP contribution in [-0.4, -0.2) is 17.4 Å². The summed E-state index contributed by atoms with van der Waals surface area (Å²) in [6.45, 7) is 4.22. The molecule has 1 amide bonds. The number of rotatable bonds is 5. The van der Waals surface area contributed by atoms with Gasteiger partial charge in [0.1, 0.15) is 5.70 Å². The average Bonchev–Trinajstić information content (AvgIpc) is 2.60. The van der Waals surface area contributed by atoms with Crippen molar-refractivity contribution in [3.05, 3.63) is 53.2 Å². The number of nitrogen functional groups attached to an aromatic ring is 1. The first-order valence-electron chi connectivity index (χ1n) is 7.91. The van der Waals surface area contributed by atoms with Gasteiger partial charge < -0.3 is 22.5 Å². The van der Waals surface area contributed by atoms with Gasteiger partial charge in [-0.2, -0.15) is 4.39 Å². The molecule has 2 aromatic rings. The number of pyridine rings is 1. The van der Waals surface area contributed by atoms with Crippen LogP contribution in [0.4, 0.5) is 10.1 Å². The van der Waals surface area contributed by atoms with Crippen LogP contribution in [0.25, 0.3) is 16.8 Å².